The van der Waals surface area contributed by atoms with E-state index in [1.54, 1.807) is 0 Å². The van der Waals surface area contributed by atoms with Gasteiger partial charge in [-0.1, -0.05) is 0 Å². The molecule has 1 fully saturated rings. The predicted molar refractivity (Wildman–Crippen MR) is 48.6 cm³/mol. The van der Waals surface area contributed by atoms with E-state index in [-0.39, 0.29) is 18.5 Å². The maximum Gasteiger partial charge on any atom is 0.328 e. The molecule has 1 heterocycles. The highest BCUT2D eigenvalue weighted by Gasteiger charge is 2.28. The van der Waals surface area contributed by atoms with Crippen LogP contribution in [-0.4, -0.2) is 37.7 Å². The molecule has 1 aliphatic heterocycles. The molecule has 14 heavy (non-hydrogen) atoms. The van der Waals surface area contributed by atoms with Crippen LogP contribution in [0, 0.1) is 0 Å². The molecular weight excluding hydrogens is 186 g/mol. The Morgan fingerprint density at radius 3 is 2.93 bits per heavy atom. The zero-order valence-corrected chi connectivity index (χ0v) is 8.25. The van der Waals surface area contributed by atoms with Gasteiger partial charge >= 0.3 is 5.97 Å². The quantitative estimate of drug-likeness (QED) is 0.496. The zero-order valence-electron chi connectivity index (χ0n) is 8.25. The first kappa shape index (κ1) is 11.0. The second-order valence-electron chi connectivity index (χ2n) is 3.02. The lowest BCUT2D eigenvalue weighted by atomic mass is 10.2. The lowest BCUT2D eigenvalue weighted by Gasteiger charge is -2.09. The van der Waals surface area contributed by atoms with Gasteiger partial charge in [-0.2, -0.15) is 0 Å². The van der Waals surface area contributed by atoms with Gasteiger partial charge in [0.15, 0.2) is 0 Å². The molecule has 0 aliphatic carbocycles. The standard InChI is InChI=1S/C9H15NO4/c1-2-13-5-6-14-9(12)7-3-4-8(11)10-7/h7H,2-6H2,1H3,(H,10,11). The molecular formula is C9H15NO4. The van der Waals surface area contributed by atoms with Crippen molar-refractivity contribution in [1.29, 1.82) is 0 Å². The molecule has 1 aliphatic rings. The number of hydrogen-bond donors (Lipinski definition) is 1. The number of nitrogens with one attached hydrogen (secondary N) is 1. The zero-order chi connectivity index (χ0) is 10.4. The number of rotatable bonds is 5. The van der Waals surface area contributed by atoms with Crippen LogP contribution in [0.25, 0.3) is 0 Å². The number of carbonyl (C=O) groups excluding carboxylic acids is 2. The average Bonchev–Trinajstić information content (AvgIpc) is 2.59. The highest BCUT2D eigenvalue weighted by molar-refractivity contribution is 5.87. The van der Waals surface area contributed by atoms with E-state index < -0.39 is 6.04 Å². The fraction of sp³-hybridized carbons (Fsp3) is 0.778. The van der Waals surface area contributed by atoms with Gasteiger partial charge in [-0.25, -0.2) is 4.79 Å². The Balaban J connectivity index is 2.12. The summed E-state index contributed by atoms with van der Waals surface area (Å²) in [5.41, 5.74) is 0. The number of carbonyl (C=O) groups is 2. The van der Waals surface area contributed by atoms with Crippen LogP contribution >= 0.6 is 0 Å². The van der Waals surface area contributed by atoms with E-state index in [2.05, 4.69) is 5.32 Å². The minimum absolute atomic E-state index is 0.0863. The highest BCUT2D eigenvalue weighted by Crippen LogP contribution is 2.07. The molecule has 80 valence electrons. The third kappa shape index (κ3) is 3.33. The molecule has 5 nitrogen and oxygen atoms in total. The van der Waals surface area contributed by atoms with Gasteiger partial charge in [0.1, 0.15) is 12.6 Å². The van der Waals surface area contributed by atoms with Crippen LogP contribution in [0.1, 0.15) is 19.8 Å². The Hall–Kier alpha value is -1.10. The first-order chi connectivity index (χ1) is 6.74. The van der Waals surface area contributed by atoms with Gasteiger partial charge in [-0.3, -0.25) is 4.79 Å². The third-order valence-corrected chi connectivity index (χ3v) is 1.96. The summed E-state index contributed by atoms with van der Waals surface area (Å²) in [4.78, 5) is 22.1. The topological polar surface area (TPSA) is 64.6 Å². The Morgan fingerprint density at radius 1 is 1.57 bits per heavy atom. The SMILES string of the molecule is CCOCCOC(=O)C1CCC(=O)N1. The van der Waals surface area contributed by atoms with Crippen LogP contribution in [0.4, 0.5) is 0 Å². The van der Waals surface area contributed by atoms with Crippen LogP contribution in [0.3, 0.4) is 0 Å². The molecule has 0 radical (unpaired) electrons. The summed E-state index contributed by atoms with van der Waals surface area (Å²) in [5.74, 6) is -0.452. The molecule has 1 unspecified atom stereocenters. The summed E-state index contributed by atoms with van der Waals surface area (Å²) in [6, 6.07) is -0.455. The maximum atomic E-state index is 11.3. The Bertz CT molecular complexity index is 217. The fourth-order valence-corrected chi connectivity index (χ4v) is 1.24. The van der Waals surface area contributed by atoms with Gasteiger partial charge in [0.05, 0.1) is 6.61 Å². The van der Waals surface area contributed by atoms with Gasteiger partial charge in [-0.05, 0) is 13.3 Å². The minimum Gasteiger partial charge on any atom is -0.462 e. The van der Waals surface area contributed by atoms with Crippen molar-refractivity contribution in [3.63, 3.8) is 0 Å². The monoisotopic (exact) mass is 201 g/mol. The summed E-state index contributed by atoms with van der Waals surface area (Å²) >= 11 is 0. The molecule has 1 rings (SSSR count). The molecule has 0 bridgehead atoms. The largest absolute Gasteiger partial charge is 0.462 e. The second kappa shape index (κ2) is 5.59. The third-order valence-electron chi connectivity index (χ3n) is 1.96. The van der Waals surface area contributed by atoms with Crippen molar-refractivity contribution in [2.24, 2.45) is 0 Å². The lowest BCUT2D eigenvalue weighted by Crippen LogP contribution is -2.35. The smallest absolute Gasteiger partial charge is 0.328 e. The second-order valence-corrected chi connectivity index (χ2v) is 3.02. The fourth-order valence-electron chi connectivity index (χ4n) is 1.24. The van der Waals surface area contributed by atoms with Crippen molar-refractivity contribution < 1.29 is 19.1 Å². The molecule has 0 aromatic carbocycles. The van der Waals surface area contributed by atoms with Gasteiger partial charge in [0.2, 0.25) is 5.91 Å². The molecule has 1 saturated heterocycles. The summed E-state index contributed by atoms with van der Waals surface area (Å²) in [7, 11) is 0. The number of esters is 1. The van der Waals surface area contributed by atoms with E-state index in [4.69, 9.17) is 9.47 Å². The summed E-state index contributed by atoms with van der Waals surface area (Å²) < 4.78 is 9.90. The Labute approximate surface area is 82.8 Å². The summed E-state index contributed by atoms with van der Waals surface area (Å²) in [6.07, 6.45) is 0.942. The van der Waals surface area contributed by atoms with Crippen LogP contribution in [0.2, 0.25) is 0 Å². The van der Waals surface area contributed by atoms with Crippen molar-refractivity contribution in [2.45, 2.75) is 25.8 Å². The molecule has 0 saturated carbocycles. The van der Waals surface area contributed by atoms with Crippen molar-refractivity contribution in [3.05, 3.63) is 0 Å². The van der Waals surface area contributed by atoms with Gasteiger partial charge < -0.3 is 14.8 Å². The molecule has 0 aromatic heterocycles. The van der Waals surface area contributed by atoms with Gasteiger partial charge in [0.25, 0.3) is 0 Å². The van der Waals surface area contributed by atoms with Crippen molar-refractivity contribution in [1.82, 2.24) is 5.32 Å². The Morgan fingerprint density at radius 2 is 2.36 bits per heavy atom. The molecule has 1 atom stereocenters. The number of ether oxygens (including phenoxy) is 2. The normalized spacial score (nSPS) is 20.6. The molecule has 1 N–H and O–H groups in total. The first-order valence-electron chi connectivity index (χ1n) is 4.77. The van der Waals surface area contributed by atoms with E-state index >= 15 is 0 Å². The highest BCUT2D eigenvalue weighted by atomic mass is 16.6. The van der Waals surface area contributed by atoms with E-state index in [9.17, 15) is 9.59 Å². The molecule has 0 aromatic rings. The van der Waals surface area contributed by atoms with E-state index in [0.29, 0.717) is 26.1 Å². The average molecular weight is 201 g/mol. The van der Waals surface area contributed by atoms with E-state index in [1.165, 1.54) is 0 Å². The van der Waals surface area contributed by atoms with E-state index in [0.717, 1.165) is 0 Å². The number of amides is 1. The first-order valence-corrected chi connectivity index (χ1v) is 4.77. The summed E-state index contributed by atoms with van der Waals surface area (Å²) in [6.45, 7) is 3.14. The van der Waals surface area contributed by atoms with Crippen LogP contribution in [-0.2, 0) is 19.1 Å². The van der Waals surface area contributed by atoms with E-state index in [1.807, 2.05) is 6.92 Å². The molecule has 5 heteroatoms. The van der Waals surface area contributed by atoms with Crippen LogP contribution < -0.4 is 5.32 Å². The van der Waals surface area contributed by atoms with Crippen molar-refractivity contribution in [3.8, 4) is 0 Å². The van der Waals surface area contributed by atoms with Gasteiger partial charge in [-0.15, -0.1) is 0 Å². The van der Waals surface area contributed by atoms with Crippen molar-refractivity contribution >= 4 is 11.9 Å². The predicted octanol–water partition coefficient (Wildman–Crippen LogP) is -0.155. The van der Waals surface area contributed by atoms with Crippen LogP contribution in [0.15, 0.2) is 0 Å². The molecule has 0 spiro atoms. The summed E-state index contributed by atoms with van der Waals surface area (Å²) in [5, 5.41) is 2.54. The van der Waals surface area contributed by atoms with Crippen LogP contribution in [0.5, 0.6) is 0 Å². The number of hydrogen-bond acceptors (Lipinski definition) is 4. The molecule has 1 amide bonds. The minimum atomic E-state index is -0.455. The lowest BCUT2D eigenvalue weighted by molar-refractivity contribution is -0.147. The maximum absolute atomic E-state index is 11.3. The van der Waals surface area contributed by atoms with Gasteiger partial charge in [0, 0.05) is 13.0 Å². The van der Waals surface area contributed by atoms with Crippen molar-refractivity contribution in [2.75, 3.05) is 19.8 Å². The Kier molecular flexibility index (Phi) is 4.39.